The van der Waals surface area contributed by atoms with E-state index in [9.17, 15) is 14.0 Å². The van der Waals surface area contributed by atoms with Gasteiger partial charge < -0.3 is 9.47 Å². The van der Waals surface area contributed by atoms with Gasteiger partial charge in [0, 0.05) is 11.1 Å². The zero-order valence-corrected chi connectivity index (χ0v) is 13.7. The Bertz CT molecular complexity index is 888. The monoisotopic (exact) mass is 350 g/mol. The first kappa shape index (κ1) is 17.4. The van der Waals surface area contributed by atoms with Crippen molar-refractivity contribution in [2.24, 2.45) is 0 Å². The van der Waals surface area contributed by atoms with Crippen LogP contribution in [0.5, 0.6) is 11.5 Å². The van der Waals surface area contributed by atoms with Crippen molar-refractivity contribution in [3.63, 3.8) is 0 Å². The molecule has 5 heteroatoms. The SMILES string of the molecule is O=C(COc1ccc(F)cc1)Oc1ccc(C(=O)c2ccccc2)cc1. The molecular weight excluding hydrogens is 335 g/mol. The van der Waals surface area contributed by atoms with Gasteiger partial charge in [0.15, 0.2) is 12.4 Å². The molecule has 0 aliphatic carbocycles. The molecule has 0 N–H and O–H groups in total. The predicted molar refractivity (Wildman–Crippen MR) is 93.8 cm³/mol. The number of ether oxygens (including phenoxy) is 2. The van der Waals surface area contributed by atoms with Crippen LogP contribution in [0.3, 0.4) is 0 Å². The van der Waals surface area contributed by atoms with Gasteiger partial charge >= 0.3 is 5.97 Å². The zero-order valence-electron chi connectivity index (χ0n) is 13.7. The third-order valence-corrected chi connectivity index (χ3v) is 3.55. The fourth-order valence-corrected chi connectivity index (χ4v) is 2.26. The highest BCUT2D eigenvalue weighted by molar-refractivity contribution is 6.09. The summed E-state index contributed by atoms with van der Waals surface area (Å²) in [5.74, 6) is -0.417. The van der Waals surface area contributed by atoms with Crippen LogP contribution in [0.4, 0.5) is 4.39 Å². The normalized spacial score (nSPS) is 10.2. The van der Waals surface area contributed by atoms with Crippen molar-refractivity contribution in [2.75, 3.05) is 6.61 Å². The summed E-state index contributed by atoms with van der Waals surface area (Å²) in [5.41, 5.74) is 1.09. The molecule has 0 aliphatic rings. The fourth-order valence-electron chi connectivity index (χ4n) is 2.26. The molecular formula is C21H15FO4. The van der Waals surface area contributed by atoms with E-state index in [0.29, 0.717) is 22.6 Å². The first-order chi connectivity index (χ1) is 12.6. The molecule has 0 saturated heterocycles. The van der Waals surface area contributed by atoms with Crippen LogP contribution < -0.4 is 9.47 Å². The van der Waals surface area contributed by atoms with Crippen molar-refractivity contribution in [3.8, 4) is 11.5 Å². The molecule has 0 bridgehead atoms. The van der Waals surface area contributed by atoms with Crippen LogP contribution in [0.2, 0.25) is 0 Å². The number of hydrogen-bond donors (Lipinski definition) is 0. The number of carbonyl (C=O) groups excluding carboxylic acids is 2. The molecule has 0 aliphatic heterocycles. The summed E-state index contributed by atoms with van der Waals surface area (Å²) in [4.78, 5) is 24.1. The van der Waals surface area contributed by atoms with Crippen LogP contribution in [0.15, 0.2) is 78.9 Å². The lowest BCUT2D eigenvalue weighted by Gasteiger charge is -2.07. The summed E-state index contributed by atoms with van der Waals surface area (Å²) < 4.78 is 23.2. The van der Waals surface area contributed by atoms with Crippen LogP contribution in [0.25, 0.3) is 0 Å². The van der Waals surface area contributed by atoms with Gasteiger partial charge in [-0.3, -0.25) is 4.79 Å². The van der Waals surface area contributed by atoms with Gasteiger partial charge in [-0.2, -0.15) is 0 Å². The van der Waals surface area contributed by atoms with Gasteiger partial charge in [-0.15, -0.1) is 0 Å². The van der Waals surface area contributed by atoms with E-state index in [1.54, 1.807) is 48.5 Å². The van der Waals surface area contributed by atoms with Crippen molar-refractivity contribution in [1.82, 2.24) is 0 Å². The second kappa shape index (κ2) is 8.07. The maximum atomic E-state index is 12.8. The topological polar surface area (TPSA) is 52.6 Å². The molecule has 3 aromatic carbocycles. The average Bonchev–Trinajstić information content (AvgIpc) is 2.68. The largest absolute Gasteiger partial charge is 0.482 e. The Morgan fingerprint density at radius 2 is 1.31 bits per heavy atom. The van der Waals surface area contributed by atoms with Crippen molar-refractivity contribution >= 4 is 11.8 Å². The first-order valence-electron chi connectivity index (χ1n) is 7.91. The van der Waals surface area contributed by atoms with Crippen molar-refractivity contribution in [2.45, 2.75) is 0 Å². The Morgan fingerprint density at radius 3 is 1.96 bits per heavy atom. The number of rotatable bonds is 6. The Hall–Kier alpha value is -3.47. The van der Waals surface area contributed by atoms with Gasteiger partial charge in [0.25, 0.3) is 0 Å². The third kappa shape index (κ3) is 4.54. The average molecular weight is 350 g/mol. The second-order valence-electron chi connectivity index (χ2n) is 5.44. The van der Waals surface area contributed by atoms with Gasteiger partial charge in [-0.1, -0.05) is 30.3 Å². The van der Waals surface area contributed by atoms with Crippen LogP contribution >= 0.6 is 0 Å². The van der Waals surface area contributed by atoms with Crippen molar-refractivity contribution in [1.29, 1.82) is 0 Å². The lowest BCUT2D eigenvalue weighted by Crippen LogP contribution is -2.17. The second-order valence-corrected chi connectivity index (χ2v) is 5.44. The molecule has 0 amide bonds. The third-order valence-electron chi connectivity index (χ3n) is 3.55. The van der Waals surface area contributed by atoms with Crippen LogP contribution in [0, 0.1) is 5.82 Å². The highest BCUT2D eigenvalue weighted by Gasteiger charge is 2.10. The molecule has 4 nitrogen and oxygen atoms in total. The summed E-state index contributed by atoms with van der Waals surface area (Å²) in [6.45, 7) is -0.309. The molecule has 0 fully saturated rings. The molecule has 0 aromatic heterocycles. The van der Waals surface area contributed by atoms with E-state index in [4.69, 9.17) is 9.47 Å². The van der Waals surface area contributed by atoms with Gasteiger partial charge in [0.2, 0.25) is 0 Å². The highest BCUT2D eigenvalue weighted by atomic mass is 19.1. The zero-order chi connectivity index (χ0) is 18.4. The predicted octanol–water partition coefficient (Wildman–Crippen LogP) is 4.04. The van der Waals surface area contributed by atoms with Crippen molar-refractivity contribution in [3.05, 3.63) is 95.8 Å². The lowest BCUT2D eigenvalue weighted by atomic mass is 10.0. The molecule has 130 valence electrons. The van der Waals surface area contributed by atoms with E-state index in [1.807, 2.05) is 6.07 Å². The molecule has 3 aromatic rings. The molecule has 26 heavy (non-hydrogen) atoms. The molecule has 0 saturated carbocycles. The summed E-state index contributed by atoms with van der Waals surface area (Å²) in [5, 5.41) is 0. The van der Waals surface area contributed by atoms with Gasteiger partial charge in [-0.05, 0) is 48.5 Å². The van der Waals surface area contributed by atoms with E-state index >= 15 is 0 Å². The fraction of sp³-hybridized carbons (Fsp3) is 0.0476. The van der Waals surface area contributed by atoms with E-state index in [-0.39, 0.29) is 18.2 Å². The first-order valence-corrected chi connectivity index (χ1v) is 7.91. The summed E-state index contributed by atoms with van der Waals surface area (Å²) >= 11 is 0. The number of esters is 1. The number of ketones is 1. The van der Waals surface area contributed by atoms with E-state index in [0.717, 1.165) is 0 Å². The molecule has 3 rings (SSSR count). The molecule has 0 spiro atoms. The van der Waals surface area contributed by atoms with E-state index in [2.05, 4.69) is 0 Å². The lowest BCUT2D eigenvalue weighted by molar-refractivity contribution is -0.136. The Kier molecular flexibility index (Phi) is 5.39. The minimum absolute atomic E-state index is 0.108. The minimum Gasteiger partial charge on any atom is -0.482 e. The minimum atomic E-state index is -0.600. The van der Waals surface area contributed by atoms with Crippen molar-refractivity contribution < 1.29 is 23.5 Å². The molecule has 0 unspecified atom stereocenters. The Labute approximate surface area is 149 Å². The Balaban J connectivity index is 1.56. The summed E-state index contributed by atoms with van der Waals surface area (Å²) in [6.07, 6.45) is 0. The summed E-state index contributed by atoms with van der Waals surface area (Å²) in [6, 6.07) is 20.5. The van der Waals surface area contributed by atoms with Gasteiger partial charge in [-0.25, -0.2) is 9.18 Å². The number of hydrogen-bond acceptors (Lipinski definition) is 4. The van der Waals surface area contributed by atoms with Gasteiger partial charge in [0.05, 0.1) is 0 Å². The molecule has 0 radical (unpaired) electrons. The van der Waals surface area contributed by atoms with E-state index in [1.165, 1.54) is 24.3 Å². The summed E-state index contributed by atoms with van der Waals surface area (Å²) in [7, 11) is 0. The Morgan fingerprint density at radius 1 is 0.731 bits per heavy atom. The maximum Gasteiger partial charge on any atom is 0.349 e. The molecule has 0 atom stereocenters. The highest BCUT2D eigenvalue weighted by Crippen LogP contribution is 2.16. The number of halogens is 1. The van der Waals surface area contributed by atoms with Crippen LogP contribution in [-0.2, 0) is 4.79 Å². The van der Waals surface area contributed by atoms with Crippen LogP contribution in [-0.4, -0.2) is 18.4 Å². The van der Waals surface area contributed by atoms with Crippen LogP contribution in [0.1, 0.15) is 15.9 Å². The smallest absolute Gasteiger partial charge is 0.349 e. The quantitative estimate of drug-likeness (QED) is 0.382. The van der Waals surface area contributed by atoms with Gasteiger partial charge in [0.1, 0.15) is 17.3 Å². The standard InChI is InChI=1S/C21H15FO4/c22-17-8-12-18(13-9-17)25-14-20(23)26-19-10-6-16(7-11-19)21(24)15-4-2-1-3-5-15/h1-13H,14H2. The van der Waals surface area contributed by atoms with E-state index < -0.39 is 5.97 Å². The molecule has 0 heterocycles. The number of benzene rings is 3. The number of carbonyl (C=O) groups is 2. The maximum absolute atomic E-state index is 12.8.